The van der Waals surface area contributed by atoms with E-state index in [-0.39, 0.29) is 12.5 Å². The van der Waals surface area contributed by atoms with E-state index in [0.717, 1.165) is 12.0 Å². The van der Waals surface area contributed by atoms with Gasteiger partial charge in [0.15, 0.2) is 6.61 Å². The zero-order valence-corrected chi connectivity index (χ0v) is 10.6. The van der Waals surface area contributed by atoms with E-state index in [0.29, 0.717) is 5.69 Å². The number of hydrogen-bond acceptors (Lipinski definition) is 3. The third kappa shape index (κ3) is 5.30. The van der Waals surface area contributed by atoms with Crippen molar-refractivity contribution >= 4 is 17.6 Å². The number of benzene rings is 1. The van der Waals surface area contributed by atoms with Crippen LogP contribution in [-0.4, -0.2) is 18.5 Å². The van der Waals surface area contributed by atoms with Crippen LogP contribution in [0, 0.1) is 6.92 Å². The Morgan fingerprint density at radius 2 is 2.17 bits per heavy atom. The van der Waals surface area contributed by atoms with E-state index in [1.165, 1.54) is 6.08 Å². The number of hydrogen-bond donors (Lipinski definition) is 1. The molecule has 96 valence electrons. The third-order valence-corrected chi connectivity index (χ3v) is 2.14. The molecule has 0 atom stereocenters. The van der Waals surface area contributed by atoms with E-state index < -0.39 is 5.97 Å². The molecule has 0 spiro atoms. The van der Waals surface area contributed by atoms with Crippen LogP contribution in [-0.2, 0) is 14.3 Å². The molecule has 0 saturated carbocycles. The number of rotatable bonds is 5. The van der Waals surface area contributed by atoms with Gasteiger partial charge in [0.05, 0.1) is 0 Å². The van der Waals surface area contributed by atoms with Gasteiger partial charge in [-0.05, 0) is 31.0 Å². The summed E-state index contributed by atoms with van der Waals surface area (Å²) in [5.41, 5.74) is 1.75. The molecular weight excluding hydrogens is 230 g/mol. The Balaban J connectivity index is 2.38. The molecular formula is C14H17NO3. The van der Waals surface area contributed by atoms with Gasteiger partial charge in [-0.1, -0.05) is 25.1 Å². The normalized spacial score (nSPS) is 10.3. The summed E-state index contributed by atoms with van der Waals surface area (Å²) < 4.78 is 4.77. The van der Waals surface area contributed by atoms with Gasteiger partial charge in [-0.15, -0.1) is 0 Å². The van der Waals surface area contributed by atoms with Crippen molar-refractivity contribution in [3.05, 3.63) is 42.0 Å². The van der Waals surface area contributed by atoms with E-state index in [9.17, 15) is 9.59 Å². The van der Waals surface area contributed by atoms with Crippen molar-refractivity contribution in [2.75, 3.05) is 11.9 Å². The van der Waals surface area contributed by atoms with Crippen LogP contribution in [0.2, 0.25) is 0 Å². The van der Waals surface area contributed by atoms with Gasteiger partial charge in [0.2, 0.25) is 0 Å². The van der Waals surface area contributed by atoms with Crippen molar-refractivity contribution in [1.29, 1.82) is 0 Å². The molecule has 0 aromatic heterocycles. The lowest BCUT2D eigenvalue weighted by Gasteiger charge is -2.05. The maximum absolute atomic E-state index is 11.5. The monoisotopic (exact) mass is 247 g/mol. The quantitative estimate of drug-likeness (QED) is 0.642. The van der Waals surface area contributed by atoms with Gasteiger partial charge in [0.25, 0.3) is 5.91 Å². The molecule has 4 nitrogen and oxygen atoms in total. The average molecular weight is 247 g/mol. The van der Waals surface area contributed by atoms with Crippen molar-refractivity contribution in [3.8, 4) is 0 Å². The van der Waals surface area contributed by atoms with Crippen molar-refractivity contribution in [2.45, 2.75) is 20.3 Å². The minimum Gasteiger partial charge on any atom is -0.452 e. The Labute approximate surface area is 107 Å². The summed E-state index contributed by atoms with van der Waals surface area (Å²) in [6.45, 7) is 3.57. The second-order valence-electron chi connectivity index (χ2n) is 3.84. The van der Waals surface area contributed by atoms with Gasteiger partial charge in [-0.25, -0.2) is 4.79 Å². The lowest BCUT2D eigenvalue weighted by Crippen LogP contribution is -2.20. The smallest absolute Gasteiger partial charge is 0.330 e. The van der Waals surface area contributed by atoms with Gasteiger partial charge in [0, 0.05) is 11.8 Å². The Bertz CT molecular complexity index is 452. The number of esters is 1. The number of allylic oxidation sites excluding steroid dienone is 1. The summed E-state index contributed by atoms with van der Waals surface area (Å²) in [7, 11) is 0. The Morgan fingerprint density at radius 1 is 1.39 bits per heavy atom. The van der Waals surface area contributed by atoms with E-state index in [1.807, 2.05) is 32.0 Å². The zero-order chi connectivity index (χ0) is 13.4. The lowest BCUT2D eigenvalue weighted by molar-refractivity contribution is -0.142. The first-order valence-electron chi connectivity index (χ1n) is 5.81. The highest BCUT2D eigenvalue weighted by Crippen LogP contribution is 2.09. The molecule has 0 bridgehead atoms. The van der Waals surface area contributed by atoms with Gasteiger partial charge in [-0.3, -0.25) is 4.79 Å². The first-order valence-corrected chi connectivity index (χ1v) is 5.81. The van der Waals surface area contributed by atoms with Crippen LogP contribution in [0.5, 0.6) is 0 Å². The third-order valence-electron chi connectivity index (χ3n) is 2.14. The van der Waals surface area contributed by atoms with E-state index in [1.54, 1.807) is 12.1 Å². The predicted molar refractivity (Wildman–Crippen MR) is 70.2 cm³/mol. The van der Waals surface area contributed by atoms with E-state index in [4.69, 9.17) is 4.74 Å². The van der Waals surface area contributed by atoms with E-state index in [2.05, 4.69) is 5.32 Å². The van der Waals surface area contributed by atoms with Crippen molar-refractivity contribution in [2.24, 2.45) is 0 Å². The number of anilines is 1. The molecule has 18 heavy (non-hydrogen) atoms. The van der Waals surface area contributed by atoms with Crippen LogP contribution < -0.4 is 5.32 Å². The van der Waals surface area contributed by atoms with Gasteiger partial charge in [-0.2, -0.15) is 0 Å². The highest BCUT2D eigenvalue weighted by molar-refractivity contribution is 5.93. The molecule has 0 fully saturated rings. The van der Waals surface area contributed by atoms with Crippen molar-refractivity contribution in [3.63, 3.8) is 0 Å². The highest BCUT2D eigenvalue weighted by Gasteiger charge is 2.05. The van der Waals surface area contributed by atoms with Crippen molar-refractivity contribution in [1.82, 2.24) is 0 Å². The Morgan fingerprint density at radius 3 is 2.83 bits per heavy atom. The molecule has 4 heteroatoms. The highest BCUT2D eigenvalue weighted by atomic mass is 16.5. The maximum Gasteiger partial charge on any atom is 0.330 e. The predicted octanol–water partition coefficient (Wildman–Crippen LogP) is 2.44. The average Bonchev–Trinajstić information content (AvgIpc) is 2.34. The van der Waals surface area contributed by atoms with Crippen LogP contribution in [0.15, 0.2) is 36.4 Å². The number of carbonyl (C=O) groups is 2. The first-order chi connectivity index (χ1) is 8.61. The van der Waals surface area contributed by atoms with E-state index >= 15 is 0 Å². The molecule has 0 aliphatic heterocycles. The largest absolute Gasteiger partial charge is 0.452 e. The van der Waals surface area contributed by atoms with Crippen molar-refractivity contribution < 1.29 is 14.3 Å². The standard InChI is InChI=1S/C14H17NO3/c1-3-4-8-14(17)18-10-13(16)15-12-7-5-6-11(2)9-12/h4-9H,3,10H2,1-2H3,(H,15,16)/b8-4+. The summed E-state index contributed by atoms with van der Waals surface area (Å²) in [4.78, 5) is 22.6. The molecule has 0 radical (unpaired) electrons. The molecule has 0 aliphatic rings. The number of nitrogens with one attached hydrogen (secondary N) is 1. The molecule has 1 aromatic carbocycles. The summed E-state index contributed by atoms with van der Waals surface area (Å²) in [6, 6.07) is 7.41. The molecule has 1 N–H and O–H groups in total. The topological polar surface area (TPSA) is 55.4 Å². The number of amides is 1. The van der Waals surface area contributed by atoms with Gasteiger partial charge in [0.1, 0.15) is 0 Å². The molecule has 0 saturated heterocycles. The fourth-order valence-electron chi connectivity index (χ4n) is 1.32. The molecule has 0 aliphatic carbocycles. The fraction of sp³-hybridized carbons (Fsp3) is 0.286. The lowest BCUT2D eigenvalue weighted by atomic mass is 10.2. The van der Waals surface area contributed by atoms with Crippen LogP contribution in [0.4, 0.5) is 5.69 Å². The molecule has 0 heterocycles. The van der Waals surface area contributed by atoms with Crippen LogP contribution in [0.3, 0.4) is 0 Å². The summed E-state index contributed by atoms with van der Waals surface area (Å²) in [5.74, 6) is -0.852. The van der Waals surface area contributed by atoms with Crippen LogP contribution in [0.25, 0.3) is 0 Å². The Hall–Kier alpha value is -2.10. The molecule has 0 unspecified atom stereocenters. The number of aryl methyl sites for hydroxylation is 1. The summed E-state index contributed by atoms with van der Waals surface area (Å²) >= 11 is 0. The summed E-state index contributed by atoms with van der Waals surface area (Å²) in [5, 5.41) is 2.65. The summed E-state index contributed by atoms with van der Waals surface area (Å²) in [6.07, 6.45) is 3.76. The minimum absolute atomic E-state index is 0.277. The maximum atomic E-state index is 11.5. The fourth-order valence-corrected chi connectivity index (χ4v) is 1.32. The molecule has 1 rings (SSSR count). The second kappa shape index (κ2) is 7.27. The number of carbonyl (C=O) groups excluding carboxylic acids is 2. The van der Waals surface area contributed by atoms with Crippen LogP contribution >= 0.6 is 0 Å². The van der Waals surface area contributed by atoms with Crippen LogP contribution in [0.1, 0.15) is 18.9 Å². The Kier molecular flexibility index (Phi) is 5.64. The SMILES string of the molecule is CC/C=C/C(=O)OCC(=O)Nc1cccc(C)c1. The first kappa shape index (κ1) is 14.0. The molecule has 1 aromatic rings. The number of ether oxygens (including phenoxy) is 1. The van der Waals surface area contributed by atoms with Gasteiger partial charge >= 0.3 is 5.97 Å². The second-order valence-corrected chi connectivity index (χ2v) is 3.84. The zero-order valence-electron chi connectivity index (χ0n) is 10.6. The molecule has 1 amide bonds. The van der Waals surface area contributed by atoms with Gasteiger partial charge < -0.3 is 10.1 Å². The minimum atomic E-state index is -0.503.